The number of hydrogen-bond donors (Lipinski definition) is 0. The number of carbonyl (C=O) groups is 1. The summed E-state index contributed by atoms with van der Waals surface area (Å²) in [5.74, 6) is -0.143. The van der Waals surface area contributed by atoms with Crippen molar-refractivity contribution in [1.82, 2.24) is 5.06 Å². The van der Waals surface area contributed by atoms with Gasteiger partial charge < -0.3 is 0 Å². The number of halogens is 2. The number of hydrogen-bond acceptors (Lipinski definition) is 2. The fourth-order valence-electron chi connectivity index (χ4n) is 1.04. The molecule has 0 fully saturated rings. The summed E-state index contributed by atoms with van der Waals surface area (Å²) in [5.41, 5.74) is 0.804. The van der Waals surface area contributed by atoms with Crippen LogP contribution in [0, 0.1) is 0 Å². The number of hydroxylamine groups is 2. The van der Waals surface area contributed by atoms with Crippen molar-refractivity contribution in [2.45, 2.75) is 6.42 Å². The molecule has 0 unspecified atom stereocenters. The number of carbonyl (C=O) groups excluding carboxylic acids is 1. The molecule has 1 rings (SSSR count). The number of nitrogens with zero attached hydrogens (tertiary/aromatic N) is 1. The molecule has 0 heterocycles. The van der Waals surface area contributed by atoms with Crippen LogP contribution in [0.15, 0.2) is 18.2 Å². The van der Waals surface area contributed by atoms with Crippen LogP contribution in [0.1, 0.15) is 5.56 Å². The first kappa shape index (κ1) is 12.3. The lowest BCUT2D eigenvalue weighted by molar-refractivity contribution is -0.167. The van der Waals surface area contributed by atoms with E-state index in [-0.39, 0.29) is 12.3 Å². The molecule has 1 aromatic rings. The van der Waals surface area contributed by atoms with Gasteiger partial charge in [0.2, 0.25) is 5.91 Å². The van der Waals surface area contributed by atoms with E-state index in [4.69, 9.17) is 28.0 Å². The number of amides is 1. The second-order valence-corrected chi connectivity index (χ2v) is 3.81. The van der Waals surface area contributed by atoms with Crippen molar-refractivity contribution in [3.63, 3.8) is 0 Å². The summed E-state index contributed by atoms with van der Waals surface area (Å²) in [5, 5.41) is 2.10. The van der Waals surface area contributed by atoms with Gasteiger partial charge in [-0.1, -0.05) is 29.3 Å². The predicted octanol–water partition coefficient (Wildman–Crippen LogP) is 2.56. The van der Waals surface area contributed by atoms with E-state index in [0.717, 1.165) is 5.56 Å². The minimum atomic E-state index is -0.143. The molecule has 0 saturated heterocycles. The fourth-order valence-corrected chi connectivity index (χ4v) is 1.36. The van der Waals surface area contributed by atoms with Crippen LogP contribution in [-0.4, -0.2) is 25.1 Å². The summed E-state index contributed by atoms with van der Waals surface area (Å²) in [6.07, 6.45) is 0.237. The van der Waals surface area contributed by atoms with E-state index in [1.165, 1.54) is 12.2 Å². The molecule has 0 aliphatic heterocycles. The van der Waals surface area contributed by atoms with Gasteiger partial charge in [0.1, 0.15) is 0 Å². The van der Waals surface area contributed by atoms with E-state index in [0.29, 0.717) is 10.0 Å². The lowest BCUT2D eigenvalue weighted by Gasteiger charge is -2.13. The van der Waals surface area contributed by atoms with E-state index < -0.39 is 0 Å². The van der Waals surface area contributed by atoms with E-state index in [2.05, 4.69) is 0 Å². The average Bonchev–Trinajstić information content (AvgIpc) is 2.22. The topological polar surface area (TPSA) is 29.5 Å². The van der Waals surface area contributed by atoms with Gasteiger partial charge in [-0.25, -0.2) is 5.06 Å². The first-order valence-corrected chi connectivity index (χ1v) is 5.04. The third-order valence-electron chi connectivity index (χ3n) is 1.96. The van der Waals surface area contributed by atoms with E-state index >= 15 is 0 Å². The first-order valence-electron chi connectivity index (χ1n) is 4.29. The number of benzene rings is 1. The van der Waals surface area contributed by atoms with Crippen LogP contribution in [0.5, 0.6) is 0 Å². The lowest BCUT2D eigenvalue weighted by Crippen LogP contribution is -2.26. The van der Waals surface area contributed by atoms with Crippen LogP contribution in [-0.2, 0) is 16.1 Å². The summed E-state index contributed by atoms with van der Waals surface area (Å²) < 4.78 is 0. The van der Waals surface area contributed by atoms with Crippen LogP contribution in [0.25, 0.3) is 0 Å². The SMILES string of the molecule is CON(C)C(=O)Cc1ccc(Cl)c(Cl)c1. The van der Waals surface area contributed by atoms with Gasteiger partial charge in [-0.2, -0.15) is 0 Å². The molecule has 5 heteroatoms. The van der Waals surface area contributed by atoms with Gasteiger partial charge in [-0.3, -0.25) is 9.63 Å². The second kappa shape index (κ2) is 5.35. The Bertz CT molecular complexity index is 368. The highest BCUT2D eigenvalue weighted by Crippen LogP contribution is 2.22. The zero-order valence-corrected chi connectivity index (χ0v) is 9.97. The minimum Gasteiger partial charge on any atom is -0.275 e. The van der Waals surface area contributed by atoms with Crippen LogP contribution in [0.4, 0.5) is 0 Å². The van der Waals surface area contributed by atoms with Crippen molar-refractivity contribution in [3.8, 4) is 0 Å². The van der Waals surface area contributed by atoms with E-state index in [9.17, 15) is 4.79 Å². The Hall–Kier alpha value is -0.770. The molecule has 0 aromatic heterocycles. The van der Waals surface area contributed by atoms with Crippen molar-refractivity contribution in [2.24, 2.45) is 0 Å². The van der Waals surface area contributed by atoms with Gasteiger partial charge in [0.25, 0.3) is 0 Å². The normalized spacial score (nSPS) is 10.1. The Morgan fingerprint density at radius 3 is 2.60 bits per heavy atom. The Balaban J connectivity index is 2.73. The van der Waals surface area contributed by atoms with Crippen molar-refractivity contribution in [2.75, 3.05) is 14.2 Å². The lowest BCUT2D eigenvalue weighted by atomic mass is 10.1. The molecule has 15 heavy (non-hydrogen) atoms. The smallest absolute Gasteiger partial charge is 0.250 e. The summed E-state index contributed by atoms with van der Waals surface area (Å²) in [6, 6.07) is 5.10. The highest BCUT2D eigenvalue weighted by molar-refractivity contribution is 6.42. The molecule has 0 aliphatic rings. The molecule has 0 bridgehead atoms. The molecule has 0 spiro atoms. The first-order chi connectivity index (χ1) is 7.04. The minimum absolute atomic E-state index is 0.143. The number of likely N-dealkylation sites (N-methyl/N-ethyl adjacent to an activating group) is 1. The third kappa shape index (κ3) is 3.38. The standard InChI is InChI=1S/C10H11Cl2NO2/c1-13(15-2)10(14)6-7-3-4-8(11)9(12)5-7/h3-5H,6H2,1-2H3. The summed E-state index contributed by atoms with van der Waals surface area (Å²) in [4.78, 5) is 16.2. The fraction of sp³-hybridized carbons (Fsp3) is 0.300. The summed E-state index contributed by atoms with van der Waals surface area (Å²) >= 11 is 11.6. The molecule has 82 valence electrons. The van der Waals surface area contributed by atoms with Crippen LogP contribution in [0.3, 0.4) is 0 Å². The van der Waals surface area contributed by atoms with Gasteiger partial charge in [0.15, 0.2) is 0 Å². The molecule has 0 aliphatic carbocycles. The molecular weight excluding hydrogens is 237 g/mol. The zero-order chi connectivity index (χ0) is 11.4. The maximum Gasteiger partial charge on any atom is 0.250 e. The van der Waals surface area contributed by atoms with E-state index in [1.807, 2.05) is 0 Å². The third-order valence-corrected chi connectivity index (χ3v) is 2.70. The largest absolute Gasteiger partial charge is 0.275 e. The van der Waals surface area contributed by atoms with E-state index in [1.54, 1.807) is 25.2 Å². The maximum atomic E-state index is 11.5. The molecule has 1 aromatic carbocycles. The van der Waals surface area contributed by atoms with Gasteiger partial charge in [0, 0.05) is 7.05 Å². The van der Waals surface area contributed by atoms with Gasteiger partial charge in [0.05, 0.1) is 23.6 Å². The van der Waals surface area contributed by atoms with Gasteiger partial charge >= 0.3 is 0 Å². The maximum absolute atomic E-state index is 11.5. The van der Waals surface area contributed by atoms with Crippen LogP contribution in [0.2, 0.25) is 10.0 Å². The Morgan fingerprint density at radius 2 is 2.07 bits per heavy atom. The molecule has 0 saturated carbocycles. The average molecular weight is 248 g/mol. The molecule has 0 radical (unpaired) electrons. The Morgan fingerprint density at radius 1 is 1.40 bits per heavy atom. The molecular formula is C10H11Cl2NO2. The summed E-state index contributed by atoms with van der Waals surface area (Å²) in [7, 11) is 2.99. The van der Waals surface area contributed by atoms with Crippen LogP contribution >= 0.6 is 23.2 Å². The highest BCUT2D eigenvalue weighted by Gasteiger charge is 2.09. The molecule has 1 amide bonds. The number of rotatable bonds is 3. The van der Waals surface area contributed by atoms with Gasteiger partial charge in [-0.05, 0) is 17.7 Å². The predicted molar refractivity (Wildman–Crippen MR) is 59.9 cm³/mol. The summed E-state index contributed by atoms with van der Waals surface area (Å²) in [6.45, 7) is 0. The second-order valence-electron chi connectivity index (χ2n) is 3.00. The zero-order valence-electron chi connectivity index (χ0n) is 8.46. The highest BCUT2D eigenvalue weighted by atomic mass is 35.5. The van der Waals surface area contributed by atoms with Crippen molar-refractivity contribution in [3.05, 3.63) is 33.8 Å². The Labute approximate surface area is 98.5 Å². The van der Waals surface area contributed by atoms with Crippen molar-refractivity contribution < 1.29 is 9.63 Å². The monoisotopic (exact) mass is 247 g/mol. The molecule has 0 atom stereocenters. The van der Waals surface area contributed by atoms with Crippen molar-refractivity contribution in [1.29, 1.82) is 0 Å². The quantitative estimate of drug-likeness (QED) is 0.769. The van der Waals surface area contributed by atoms with Gasteiger partial charge in [-0.15, -0.1) is 0 Å². The van der Waals surface area contributed by atoms with Crippen molar-refractivity contribution >= 4 is 29.1 Å². The van der Waals surface area contributed by atoms with Crippen LogP contribution < -0.4 is 0 Å². The Kier molecular flexibility index (Phi) is 4.39. The molecule has 3 nitrogen and oxygen atoms in total. The molecule has 0 N–H and O–H groups in total.